The average Bonchev–Trinajstić information content (AvgIpc) is 2.94. The molecular weight excluding hydrogens is 309 g/mol. The van der Waals surface area contributed by atoms with Crippen LogP contribution in [-0.4, -0.2) is 33.8 Å². The molecule has 0 bridgehead atoms. The highest BCUT2D eigenvalue weighted by atomic mass is 31.2. The number of unbranched alkanes of at least 4 members (excludes halogenated alkanes) is 1. The second-order valence-corrected chi connectivity index (χ2v) is 6.04. The van der Waals surface area contributed by atoms with Gasteiger partial charge in [0.25, 0.3) is 0 Å². The van der Waals surface area contributed by atoms with Crippen molar-refractivity contribution in [3.63, 3.8) is 0 Å². The topological polar surface area (TPSA) is 109 Å². The van der Waals surface area contributed by atoms with Crippen LogP contribution in [0.1, 0.15) is 38.8 Å². The van der Waals surface area contributed by atoms with Crippen LogP contribution >= 0.6 is 8.60 Å². The zero-order valence-electron chi connectivity index (χ0n) is 12.6. The van der Waals surface area contributed by atoms with E-state index >= 15 is 0 Å². The van der Waals surface area contributed by atoms with Gasteiger partial charge in [-0.05, 0) is 25.3 Å². The van der Waals surface area contributed by atoms with E-state index in [2.05, 4.69) is 4.98 Å². The first-order valence-corrected chi connectivity index (χ1v) is 8.48. The van der Waals surface area contributed by atoms with E-state index in [4.69, 9.17) is 19.5 Å². The van der Waals surface area contributed by atoms with E-state index in [1.807, 2.05) is 6.92 Å². The number of nitrogens with zero attached hydrogens (tertiary/aromatic N) is 2. The summed E-state index contributed by atoms with van der Waals surface area (Å²) >= 11 is 0. The first-order valence-electron chi connectivity index (χ1n) is 7.35. The smallest absolute Gasteiger partial charge is 0.351 e. The van der Waals surface area contributed by atoms with Gasteiger partial charge < -0.3 is 24.4 Å². The van der Waals surface area contributed by atoms with Gasteiger partial charge in [0.1, 0.15) is 12.0 Å². The molecule has 2 rings (SSSR count). The zero-order chi connectivity index (χ0) is 15.9. The molecule has 1 aliphatic rings. The van der Waals surface area contributed by atoms with Gasteiger partial charge in [-0.3, -0.25) is 4.57 Å². The molecule has 1 saturated heterocycles. The van der Waals surface area contributed by atoms with Crippen molar-refractivity contribution < 1.29 is 18.7 Å². The quantitative estimate of drug-likeness (QED) is 0.549. The molecule has 1 fully saturated rings. The minimum Gasteiger partial charge on any atom is -0.383 e. The lowest BCUT2D eigenvalue weighted by Crippen LogP contribution is -2.27. The van der Waals surface area contributed by atoms with Crippen LogP contribution in [0.3, 0.4) is 0 Å². The largest absolute Gasteiger partial charge is 0.383 e. The number of hydrogen-bond donors (Lipinski definition) is 2. The molecule has 3 unspecified atom stereocenters. The fraction of sp³-hybridized carbons (Fsp3) is 0.692. The minimum atomic E-state index is -1.86. The Morgan fingerprint density at radius 1 is 1.55 bits per heavy atom. The Bertz CT molecular complexity index is 527. The molecule has 9 heteroatoms. The number of nitrogens with two attached hydrogens (primary N) is 1. The summed E-state index contributed by atoms with van der Waals surface area (Å²) in [6.07, 6.45) is 4.32. The summed E-state index contributed by atoms with van der Waals surface area (Å²) in [7, 11) is -1.86. The van der Waals surface area contributed by atoms with Gasteiger partial charge in [0, 0.05) is 6.20 Å². The van der Waals surface area contributed by atoms with Crippen LogP contribution in [0, 0.1) is 0 Å². The predicted octanol–water partition coefficient (Wildman–Crippen LogP) is 1.56. The third-order valence-electron chi connectivity index (χ3n) is 3.32. The monoisotopic (exact) mass is 331 g/mol. The normalized spacial score (nSPS) is 22.8. The van der Waals surface area contributed by atoms with Gasteiger partial charge in [-0.1, -0.05) is 13.3 Å². The molecule has 0 amide bonds. The number of anilines is 1. The van der Waals surface area contributed by atoms with E-state index < -0.39 is 14.3 Å². The van der Waals surface area contributed by atoms with E-state index in [1.54, 1.807) is 12.3 Å². The van der Waals surface area contributed by atoms with E-state index in [0.29, 0.717) is 13.0 Å². The first kappa shape index (κ1) is 17.3. The van der Waals surface area contributed by atoms with Crippen LogP contribution in [0.15, 0.2) is 17.1 Å². The standard InChI is InChI=1S/C13H22N3O5P/c1-2-3-8-19-22(18)20-9-10-4-5-12(21-10)16-7-6-11(14)15-13(16)17/h6-7,10,12,18H,2-5,8-9H2,1H3,(H2,14,15,17). The summed E-state index contributed by atoms with van der Waals surface area (Å²) < 4.78 is 17.6. The molecule has 124 valence electrons. The number of ether oxygens (including phenoxy) is 1. The predicted molar refractivity (Wildman–Crippen MR) is 82.0 cm³/mol. The van der Waals surface area contributed by atoms with E-state index in [-0.39, 0.29) is 24.8 Å². The highest BCUT2D eigenvalue weighted by Gasteiger charge is 2.28. The van der Waals surface area contributed by atoms with Crippen molar-refractivity contribution in [1.29, 1.82) is 0 Å². The van der Waals surface area contributed by atoms with Crippen molar-refractivity contribution in [1.82, 2.24) is 9.55 Å². The van der Waals surface area contributed by atoms with Crippen molar-refractivity contribution in [2.24, 2.45) is 0 Å². The zero-order valence-corrected chi connectivity index (χ0v) is 13.4. The Hall–Kier alpha value is -1.05. The highest BCUT2D eigenvalue weighted by molar-refractivity contribution is 7.40. The molecule has 0 aliphatic carbocycles. The van der Waals surface area contributed by atoms with Crippen LogP contribution in [0.25, 0.3) is 0 Å². The Labute approximate surface area is 130 Å². The molecule has 3 N–H and O–H groups in total. The summed E-state index contributed by atoms with van der Waals surface area (Å²) in [5.74, 6) is 0.189. The van der Waals surface area contributed by atoms with E-state index in [1.165, 1.54) is 4.57 Å². The molecule has 0 saturated carbocycles. The second kappa shape index (κ2) is 8.55. The summed E-state index contributed by atoms with van der Waals surface area (Å²) in [4.78, 5) is 25.0. The highest BCUT2D eigenvalue weighted by Crippen LogP contribution is 2.35. The maximum absolute atomic E-state index is 11.8. The average molecular weight is 331 g/mol. The van der Waals surface area contributed by atoms with Crippen molar-refractivity contribution >= 4 is 14.4 Å². The SMILES string of the molecule is CCCCOP(O)OCC1CCC(n2ccc(N)nc2=O)O1. The lowest BCUT2D eigenvalue weighted by atomic mass is 10.2. The maximum Gasteiger partial charge on any atom is 0.351 e. The molecule has 0 radical (unpaired) electrons. The van der Waals surface area contributed by atoms with Gasteiger partial charge in [0.15, 0.2) is 0 Å². The second-order valence-electron chi connectivity index (χ2n) is 5.05. The van der Waals surface area contributed by atoms with Crippen molar-refractivity contribution in [3.05, 3.63) is 22.7 Å². The molecule has 1 aliphatic heterocycles. The fourth-order valence-electron chi connectivity index (χ4n) is 2.13. The summed E-state index contributed by atoms with van der Waals surface area (Å²) in [5, 5.41) is 0. The van der Waals surface area contributed by atoms with Crippen LogP contribution in [0.4, 0.5) is 5.82 Å². The molecule has 8 nitrogen and oxygen atoms in total. The Balaban J connectivity index is 1.77. The Morgan fingerprint density at radius 2 is 2.36 bits per heavy atom. The van der Waals surface area contributed by atoms with Crippen LogP contribution in [0.2, 0.25) is 0 Å². The molecule has 3 atom stereocenters. The fourth-order valence-corrected chi connectivity index (χ4v) is 2.78. The molecule has 1 aromatic rings. The summed E-state index contributed by atoms with van der Waals surface area (Å²) in [6.45, 7) is 2.77. The molecule has 2 heterocycles. The van der Waals surface area contributed by atoms with Crippen molar-refractivity contribution in [3.8, 4) is 0 Å². The van der Waals surface area contributed by atoms with Gasteiger partial charge in [-0.2, -0.15) is 4.98 Å². The third-order valence-corrected chi connectivity index (χ3v) is 4.09. The lowest BCUT2D eigenvalue weighted by Gasteiger charge is -2.17. The van der Waals surface area contributed by atoms with Crippen LogP contribution < -0.4 is 11.4 Å². The van der Waals surface area contributed by atoms with Crippen LogP contribution in [0.5, 0.6) is 0 Å². The molecule has 22 heavy (non-hydrogen) atoms. The maximum atomic E-state index is 11.8. The Morgan fingerprint density at radius 3 is 3.09 bits per heavy atom. The van der Waals surface area contributed by atoms with Gasteiger partial charge >= 0.3 is 14.3 Å². The number of aromatic nitrogens is 2. The first-order chi connectivity index (χ1) is 10.6. The number of rotatable bonds is 8. The van der Waals surface area contributed by atoms with E-state index in [9.17, 15) is 9.69 Å². The molecular formula is C13H22N3O5P. The lowest BCUT2D eigenvalue weighted by molar-refractivity contribution is -0.0225. The van der Waals surface area contributed by atoms with Gasteiger partial charge in [0.2, 0.25) is 0 Å². The van der Waals surface area contributed by atoms with Crippen LogP contribution in [-0.2, 0) is 13.8 Å². The molecule has 0 spiro atoms. The van der Waals surface area contributed by atoms with Gasteiger partial charge in [-0.25, -0.2) is 4.79 Å². The number of hydrogen-bond acceptors (Lipinski definition) is 7. The number of nitrogen functional groups attached to an aromatic ring is 1. The van der Waals surface area contributed by atoms with E-state index in [0.717, 1.165) is 19.3 Å². The summed E-state index contributed by atoms with van der Waals surface area (Å²) in [6, 6.07) is 1.56. The Kier molecular flexibility index (Phi) is 6.72. The van der Waals surface area contributed by atoms with Gasteiger partial charge in [-0.15, -0.1) is 0 Å². The van der Waals surface area contributed by atoms with Crippen molar-refractivity contribution in [2.45, 2.75) is 44.9 Å². The summed E-state index contributed by atoms with van der Waals surface area (Å²) in [5.41, 5.74) is 5.03. The van der Waals surface area contributed by atoms with Crippen molar-refractivity contribution in [2.75, 3.05) is 18.9 Å². The minimum absolute atomic E-state index is 0.179. The molecule has 1 aromatic heterocycles. The molecule has 0 aromatic carbocycles. The third kappa shape index (κ3) is 5.00. The van der Waals surface area contributed by atoms with Gasteiger partial charge in [0.05, 0.1) is 19.3 Å².